The molecule has 0 bridgehead atoms. The zero-order chi connectivity index (χ0) is 24.1. The van der Waals surface area contributed by atoms with Crippen LogP contribution < -0.4 is 5.32 Å². The van der Waals surface area contributed by atoms with Crippen LogP contribution in [0.25, 0.3) is 5.65 Å². The maximum atomic E-state index is 13.2. The number of hydrogen-bond acceptors (Lipinski definition) is 3. The predicted octanol–water partition coefficient (Wildman–Crippen LogP) is 5.05. The maximum absolute atomic E-state index is 13.2. The Morgan fingerprint density at radius 3 is 2.44 bits per heavy atom. The van der Waals surface area contributed by atoms with Gasteiger partial charge in [0, 0.05) is 12.5 Å². The third kappa shape index (κ3) is 4.63. The lowest BCUT2D eigenvalue weighted by atomic mass is 9.84. The molecule has 0 radical (unpaired) electrons. The quantitative estimate of drug-likeness (QED) is 0.608. The van der Waals surface area contributed by atoms with Crippen LogP contribution >= 0.6 is 0 Å². The topological polar surface area (TPSA) is 62.5 Å². The molecule has 3 heterocycles. The summed E-state index contributed by atoms with van der Waals surface area (Å²) in [5.41, 5.74) is -2.69. The summed E-state index contributed by atoms with van der Waals surface area (Å²) in [5.74, 6) is -0.251. The lowest BCUT2D eigenvalue weighted by Gasteiger charge is -2.28. The summed E-state index contributed by atoms with van der Waals surface area (Å²) in [6, 6.07) is 0.772. The van der Waals surface area contributed by atoms with E-state index in [4.69, 9.17) is 0 Å². The zero-order valence-corrected chi connectivity index (χ0v) is 18.1. The SMILES string of the molecule is C[C@@H](CCC(C)(C)C(F)(F)F)c1cn2ncc(CN3C[C@](C)(C(F)(F)F)NC3=O)cc2n1. The van der Waals surface area contributed by atoms with Crippen molar-refractivity contribution in [2.45, 2.75) is 70.9 Å². The largest absolute Gasteiger partial charge is 0.413 e. The number of nitrogens with zero attached hydrogens (tertiary/aromatic N) is 4. The van der Waals surface area contributed by atoms with Crippen LogP contribution in [0, 0.1) is 5.41 Å². The number of hydrogen-bond donors (Lipinski definition) is 1. The second-order valence-electron chi connectivity index (χ2n) is 9.27. The van der Waals surface area contributed by atoms with E-state index in [1.807, 2.05) is 5.32 Å². The summed E-state index contributed by atoms with van der Waals surface area (Å²) < 4.78 is 80.3. The number of aromatic nitrogens is 3. The Morgan fingerprint density at radius 1 is 1.22 bits per heavy atom. The van der Waals surface area contributed by atoms with Gasteiger partial charge in [0.15, 0.2) is 11.2 Å². The van der Waals surface area contributed by atoms with E-state index in [2.05, 4.69) is 10.1 Å². The molecule has 3 rings (SSSR count). The standard InChI is InChI=1S/C20H25F6N5O/c1-12(5-6-17(2,3)19(21,22)23)14-10-31-15(28-14)7-13(8-27-31)9-30-11-18(4,20(24,25)26)29-16(30)32/h7-8,10,12H,5-6,9,11H2,1-4H3,(H,29,32)/t12-,18+/m0/s1. The number of urea groups is 1. The number of amides is 2. The van der Waals surface area contributed by atoms with E-state index >= 15 is 0 Å². The van der Waals surface area contributed by atoms with Gasteiger partial charge in [-0.3, -0.25) is 0 Å². The van der Waals surface area contributed by atoms with E-state index < -0.39 is 35.9 Å². The zero-order valence-electron chi connectivity index (χ0n) is 18.1. The van der Waals surface area contributed by atoms with Crippen LogP contribution in [0.4, 0.5) is 31.1 Å². The predicted molar refractivity (Wildman–Crippen MR) is 104 cm³/mol. The molecular formula is C20H25F6N5O. The van der Waals surface area contributed by atoms with Gasteiger partial charge < -0.3 is 10.2 Å². The molecule has 1 saturated heterocycles. The molecule has 1 aliphatic rings. The number of nitrogens with one attached hydrogen (secondary N) is 1. The monoisotopic (exact) mass is 465 g/mol. The smallest absolute Gasteiger partial charge is 0.322 e. The average molecular weight is 465 g/mol. The molecule has 2 aromatic heterocycles. The summed E-state index contributed by atoms with van der Waals surface area (Å²) in [5, 5.41) is 6.15. The van der Waals surface area contributed by atoms with Gasteiger partial charge in [0.1, 0.15) is 0 Å². The van der Waals surface area contributed by atoms with E-state index in [0.29, 0.717) is 16.9 Å². The first kappa shape index (κ1) is 24.1. The second-order valence-corrected chi connectivity index (χ2v) is 9.27. The first-order chi connectivity index (χ1) is 14.5. The van der Waals surface area contributed by atoms with Crippen LogP contribution in [0.15, 0.2) is 18.5 Å². The fourth-order valence-electron chi connectivity index (χ4n) is 3.44. The van der Waals surface area contributed by atoms with Gasteiger partial charge >= 0.3 is 18.4 Å². The number of imidazole rings is 1. The Morgan fingerprint density at radius 2 is 1.88 bits per heavy atom. The molecule has 12 heteroatoms. The highest BCUT2D eigenvalue weighted by Gasteiger charge is 2.57. The van der Waals surface area contributed by atoms with E-state index in [-0.39, 0.29) is 25.3 Å². The molecule has 2 atom stereocenters. The van der Waals surface area contributed by atoms with Gasteiger partial charge in [-0.15, -0.1) is 0 Å². The van der Waals surface area contributed by atoms with Gasteiger partial charge in [-0.1, -0.05) is 20.8 Å². The third-order valence-corrected chi connectivity index (χ3v) is 6.05. The van der Waals surface area contributed by atoms with Crippen molar-refractivity contribution in [1.29, 1.82) is 0 Å². The molecule has 6 nitrogen and oxygen atoms in total. The molecule has 2 amide bonds. The van der Waals surface area contributed by atoms with E-state index in [0.717, 1.165) is 25.7 Å². The molecule has 32 heavy (non-hydrogen) atoms. The van der Waals surface area contributed by atoms with Crippen molar-refractivity contribution in [1.82, 2.24) is 24.8 Å². The summed E-state index contributed by atoms with van der Waals surface area (Å²) in [7, 11) is 0. The number of halogens is 6. The van der Waals surface area contributed by atoms with E-state index in [9.17, 15) is 31.1 Å². The van der Waals surface area contributed by atoms with Crippen LogP contribution in [0.1, 0.15) is 57.7 Å². The van der Waals surface area contributed by atoms with Crippen molar-refractivity contribution in [2.75, 3.05) is 6.54 Å². The fraction of sp³-hybridized carbons (Fsp3) is 0.650. The molecule has 1 aliphatic heterocycles. The number of rotatable bonds is 6. The van der Waals surface area contributed by atoms with Gasteiger partial charge in [-0.2, -0.15) is 31.4 Å². The van der Waals surface area contributed by atoms with Gasteiger partial charge in [0.2, 0.25) is 0 Å². The highest BCUT2D eigenvalue weighted by Crippen LogP contribution is 2.42. The molecule has 0 spiro atoms. The van der Waals surface area contributed by atoms with Crippen LogP contribution in [0.3, 0.4) is 0 Å². The van der Waals surface area contributed by atoms with Crippen LogP contribution in [0.5, 0.6) is 0 Å². The first-order valence-corrected chi connectivity index (χ1v) is 10.1. The highest BCUT2D eigenvalue weighted by molar-refractivity contribution is 5.78. The van der Waals surface area contributed by atoms with Gasteiger partial charge in [-0.25, -0.2) is 14.3 Å². The minimum atomic E-state index is -4.59. The summed E-state index contributed by atoms with van der Waals surface area (Å²) in [6.07, 6.45) is -5.64. The Hall–Kier alpha value is -2.53. The molecular weight excluding hydrogens is 440 g/mol. The summed E-state index contributed by atoms with van der Waals surface area (Å²) in [4.78, 5) is 17.5. The lowest BCUT2D eigenvalue weighted by Crippen LogP contribution is -2.53. The first-order valence-electron chi connectivity index (χ1n) is 10.1. The number of fused-ring (bicyclic) bond motifs is 1. The van der Waals surface area contributed by atoms with Crippen LogP contribution in [-0.4, -0.2) is 50.0 Å². The minimum Gasteiger partial charge on any atom is -0.322 e. The average Bonchev–Trinajstić information content (AvgIpc) is 3.19. The molecule has 178 valence electrons. The number of carbonyl (C=O) groups excluding carboxylic acids is 1. The fourth-order valence-corrected chi connectivity index (χ4v) is 3.44. The van der Waals surface area contributed by atoms with E-state index in [1.54, 1.807) is 19.2 Å². The minimum absolute atomic E-state index is 0.0632. The van der Waals surface area contributed by atoms with Crippen molar-refractivity contribution < 1.29 is 31.1 Å². The van der Waals surface area contributed by atoms with Crippen LogP contribution in [0.2, 0.25) is 0 Å². The van der Waals surface area contributed by atoms with E-state index in [1.165, 1.54) is 10.7 Å². The molecule has 0 aromatic carbocycles. The maximum Gasteiger partial charge on any atom is 0.413 e. The van der Waals surface area contributed by atoms with Gasteiger partial charge in [-0.05, 0) is 31.4 Å². The highest BCUT2D eigenvalue weighted by atomic mass is 19.4. The Labute approximate surface area is 181 Å². The molecule has 1 N–H and O–H groups in total. The Kier molecular flexibility index (Phi) is 5.88. The Balaban J connectivity index is 1.71. The summed E-state index contributed by atoms with van der Waals surface area (Å²) in [6.45, 7) is 4.41. The molecule has 1 fully saturated rings. The lowest BCUT2D eigenvalue weighted by molar-refractivity contribution is -0.214. The molecule has 0 unspecified atom stereocenters. The van der Waals surface area contributed by atoms with Crippen molar-refractivity contribution in [2.24, 2.45) is 5.41 Å². The van der Waals surface area contributed by atoms with Gasteiger partial charge in [0.05, 0.1) is 30.0 Å². The number of alkyl halides is 6. The Bertz CT molecular complexity index is 999. The third-order valence-electron chi connectivity index (χ3n) is 6.05. The summed E-state index contributed by atoms with van der Waals surface area (Å²) >= 11 is 0. The number of carbonyl (C=O) groups is 1. The van der Waals surface area contributed by atoms with Crippen molar-refractivity contribution in [3.8, 4) is 0 Å². The molecule has 0 saturated carbocycles. The van der Waals surface area contributed by atoms with Crippen molar-refractivity contribution in [3.63, 3.8) is 0 Å². The second kappa shape index (κ2) is 7.80. The normalized spacial score (nSPS) is 21.3. The molecule has 0 aliphatic carbocycles. The van der Waals surface area contributed by atoms with Crippen LogP contribution in [-0.2, 0) is 6.54 Å². The van der Waals surface area contributed by atoms with Crippen molar-refractivity contribution in [3.05, 3.63) is 29.7 Å². The molecule has 2 aromatic rings. The van der Waals surface area contributed by atoms with Crippen molar-refractivity contribution >= 4 is 11.7 Å². The van der Waals surface area contributed by atoms with Gasteiger partial charge in [0.25, 0.3) is 0 Å².